The van der Waals surface area contributed by atoms with Crippen molar-refractivity contribution in [2.45, 2.75) is 27.0 Å². The Morgan fingerprint density at radius 1 is 1.11 bits per heavy atom. The van der Waals surface area contributed by atoms with Crippen LogP contribution in [0.3, 0.4) is 0 Å². The van der Waals surface area contributed by atoms with E-state index >= 15 is 0 Å². The molecule has 0 fully saturated rings. The van der Waals surface area contributed by atoms with Crippen molar-refractivity contribution in [1.29, 1.82) is 0 Å². The molecule has 0 unspecified atom stereocenters. The van der Waals surface area contributed by atoms with Gasteiger partial charge in [0.1, 0.15) is 23.6 Å². The number of ether oxygens (including phenoxy) is 2. The van der Waals surface area contributed by atoms with E-state index in [4.69, 9.17) is 9.47 Å². The molecular formula is C26H24N4O5S. The van der Waals surface area contributed by atoms with Crippen molar-refractivity contribution in [2.75, 3.05) is 11.9 Å². The number of benzene rings is 1. The van der Waals surface area contributed by atoms with Crippen LogP contribution in [-0.4, -0.2) is 33.3 Å². The molecule has 0 aliphatic carbocycles. The highest BCUT2D eigenvalue weighted by atomic mass is 32.1. The van der Waals surface area contributed by atoms with Gasteiger partial charge in [0.15, 0.2) is 6.61 Å². The number of hydrogen-bond acceptors (Lipinski definition) is 9. The lowest BCUT2D eigenvalue weighted by molar-refractivity contribution is -0.148. The van der Waals surface area contributed by atoms with E-state index in [1.165, 1.54) is 16.0 Å². The van der Waals surface area contributed by atoms with Crippen LogP contribution < -0.4 is 10.9 Å². The number of nitrogens with zero attached hydrogens (tertiary/aromatic N) is 3. The summed E-state index contributed by atoms with van der Waals surface area (Å²) in [6.07, 6.45) is 3.19. The molecule has 4 aromatic rings. The Morgan fingerprint density at radius 3 is 2.61 bits per heavy atom. The molecule has 1 N–H and O–H groups in total. The summed E-state index contributed by atoms with van der Waals surface area (Å²) in [4.78, 5) is 43.0. The molecule has 4 rings (SSSR count). The Hall–Kier alpha value is -4.31. The van der Waals surface area contributed by atoms with E-state index in [1.807, 2.05) is 48.0 Å². The largest absolute Gasteiger partial charge is 0.458 e. The van der Waals surface area contributed by atoms with Crippen molar-refractivity contribution < 1.29 is 19.1 Å². The lowest BCUT2D eigenvalue weighted by atomic mass is 10.1. The highest BCUT2D eigenvalue weighted by molar-refractivity contribution is 7.08. The van der Waals surface area contributed by atoms with Crippen molar-refractivity contribution in [3.05, 3.63) is 92.7 Å². The molecule has 0 aliphatic heterocycles. The first-order valence-corrected chi connectivity index (χ1v) is 12.1. The van der Waals surface area contributed by atoms with E-state index in [9.17, 15) is 14.4 Å². The van der Waals surface area contributed by atoms with Gasteiger partial charge in [-0.2, -0.15) is 16.4 Å². The number of nitrogens with one attached hydrogen (secondary N) is 1. The van der Waals surface area contributed by atoms with Crippen molar-refractivity contribution >= 4 is 34.7 Å². The molecule has 3 heterocycles. The van der Waals surface area contributed by atoms with Crippen LogP contribution in [0.1, 0.15) is 28.4 Å². The van der Waals surface area contributed by atoms with Gasteiger partial charge in [0.05, 0.1) is 11.9 Å². The quantitative estimate of drug-likeness (QED) is 0.335. The number of carbonyl (C=O) groups is 2. The molecule has 0 atom stereocenters. The standard InChI is InChI=1S/C26H24N4O5S/c1-3-30-25(32)24(28-20-13-27-11-9-17(20)2)22(23(29-30)19-10-12-36-16-19)26(33)35-15-21(31)34-14-18-7-5-4-6-8-18/h4-13,16,28H,3,14-15H2,1-2H3. The average Bonchev–Trinajstić information content (AvgIpc) is 3.44. The van der Waals surface area contributed by atoms with E-state index in [0.717, 1.165) is 11.1 Å². The van der Waals surface area contributed by atoms with Crippen LogP contribution >= 0.6 is 11.3 Å². The number of carbonyl (C=O) groups excluding carboxylic acids is 2. The fraction of sp³-hybridized carbons (Fsp3) is 0.192. The zero-order chi connectivity index (χ0) is 25.5. The summed E-state index contributed by atoms with van der Waals surface area (Å²) >= 11 is 1.42. The van der Waals surface area contributed by atoms with Gasteiger partial charge in [-0.05, 0) is 42.5 Å². The number of aromatic nitrogens is 3. The third-order valence-electron chi connectivity index (χ3n) is 5.32. The SMILES string of the molecule is CCn1nc(-c2ccsc2)c(C(=O)OCC(=O)OCc2ccccc2)c(Nc2cnccc2C)c1=O. The third-order valence-corrected chi connectivity index (χ3v) is 6.00. The molecule has 0 radical (unpaired) electrons. The third kappa shape index (κ3) is 5.66. The monoisotopic (exact) mass is 504 g/mol. The number of thiophene rings is 1. The molecule has 0 bridgehead atoms. The summed E-state index contributed by atoms with van der Waals surface area (Å²) in [5, 5.41) is 11.1. The van der Waals surface area contributed by atoms with Crippen LogP contribution in [0.5, 0.6) is 0 Å². The molecule has 0 saturated heterocycles. The number of hydrogen-bond donors (Lipinski definition) is 1. The van der Waals surface area contributed by atoms with Gasteiger partial charge in [-0.15, -0.1) is 0 Å². The Labute approximate surface area is 211 Å². The minimum atomic E-state index is -0.871. The predicted molar refractivity (Wildman–Crippen MR) is 136 cm³/mol. The normalized spacial score (nSPS) is 10.6. The van der Waals surface area contributed by atoms with Crippen LogP contribution in [0, 0.1) is 6.92 Å². The second kappa shape index (κ2) is 11.4. The van der Waals surface area contributed by atoms with Gasteiger partial charge in [0, 0.05) is 23.7 Å². The first kappa shape index (κ1) is 24.8. The molecule has 184 valence electrons. The first-order chi connectivity index (χ1) is 17.5. The zero-order valence-corrected chi connectivity index (χ0v) is 20.6. The first-order valence-electron chi connectivity index (χ1n) is 11.2. The average molecular weight is 505 g/mol. The molecule has 0 amide bonds. The van der Waals surface area contributed by atoms with Gasteiger partial charge in [-0.1, -0.05) is 30.3 Å². The van der Waals surface area contributed by atoms with Gasteiger partial charge >= 0.3 is 11.9 Å². The van der Waals surface area contributed by atoms with Gasteiger partial charge in [0.2, 0.25) is 0 Å². The Kier molecular flexibility index (Phi) is 7.86. The van der Waals surface area contributed by atoms with Crippen LogP contribution in [0.25, 0.3) is 11.3 Å². The van der Waals surface area contributed by atoms with Crippen LogP contribution in [0.2, 0.25) is 0 Å². The maximum atomic E-state index is 13.3. The number of aryl methyl sites for hydroxylation is 2. The lowest BCUT2D eigenvalue weighted by Gasteiger charge is -2.17. The number of pyridine rings is 1. The Balaban J connectivity index is 1.66. The summed E-state index contributed by atoms with van der Waals surface area (Å²) in [6.45, 7) is 3.36. The maximum Gasteiger partial charge on any atom is 0.344 e. The Bertz CT molecular complexity index is 1420. The summed E-state index contributed by atoms with van der Waals surface area (Å²) < 4.78 is 11.8. The fourth-order valence-electron chi connectivity index (χ4n) is 3.41. The molecule has 10 heteroatoms. The van der Waals surface area contributed by atoms with Crippen molar-refractivity contribution in [1.82, 2.24) is 14.8 Å². The highest BCUT2D eigenvalue weighted by Gasteiger charge is 2.27. The van der Waals surface area contributed by atoms with Gasteiger partial charge in [0.25, 0.3) is 5.56 Å². The molecular weight excluding hydrogens is 480 g/mol. The summed E-state index contributed by atoms with van der Waals surface area (Å²) in [5.41, 5.74) is 2.52. The summed E-state index contributed by atoms with van der Waals surface area (Å²) in [6, 6.07) is 12.7. The number of esters is 2. The molecule has 0 saturated carbocycles. The highest BCUT2D eigenvalue weighted by Crippen LogP contribution is 2.30. The second-order valence-electron chi connectivity index (χ2n) is 7.77. The molecule has 1 aromatic carbocycles. The predicted octanol–water partition coefficient (Wildman–Crippen LogP) is 4.34. The minimum Gasteiger partial charge on any atom is -0.458 e. The van der Waals surface area contributed by atoms with Crippen LogP contribution in [-0.2, 0) is 27.4 Å². The van der Waals surface area contributed by atoms with Gasteiger partial charge in [-0.25, -0.2) is 14.3 Å². The van der Waals surface area contributed by atoms with Crippen LogP contribution in [0.15, 0.2) is 70.4 Å². The summed E-state index contributed by atoms with van der Waals surface area (Å²) in [5.74, 6) is -1.58. The minimum absolute atomic E-state index is 0.00759. The zero-order valence-electron chi connectivity index (χ0n) is 19.8. The van der Waals surface area contributed by atoms with E-state index in [1.54, 1.807) is 31.5 Å². The smallest absolute Gasteiger partial charge is 0.344 e. The number of rotatable bonds is 9. The maximum absolute atomic E-state index is 13.3. The molecule has 36 heavy (non-hydrogen) atoms. The van der Waals surface area contributed by atoms with E-state index in [0.29, 0.717) is 11.3 Å². The van der Waals surface area contributed by atoms with E-state index in [2.05, 4.69) is 15.4 Å². The second-order valence-corrected chi connectivity index (χ2v) is 8.55. The van der Waals surface area contributed by atoms with E-state index < -0.39 is 24.1 Å². The Morgan fingerprint density at radius 2 is 1.92 bits per heavy atom. The van der Waals surface area contributed by atoms with Crippen LogP contribution in [0.4, 0.5) is 11.4 Å². The van der Waals surface area contributed by atoms with E-state index in [-0.39, 0.29) is 30.1 Å². The van der Waals surface area contributed by atoms with Crippen molar-refractivity contribution in [3.8, 4) is 11.3 Å². The van der Waals surface area contributed by atoms with Gasteiger partial charge < -0.3 is 14.8 Å². The topological polar surface area (TPSA) is 112 Å². The molecule has 3 aromatic heterocycles. The van der Waals surface area contributed by atoms with Crippen molar-refractivity contribution in [2.24, 2.45) is 0 Å². The molecule has 0 aliphatic rings. The fourth-order valence-corrected chi connectivity index (χ4v) is 4.05. The van der Waals surface area contributed by atoms with Gasteiger partial charge in [-0.3, -0.25) is 9.78 Å². The lowest BCUT2D eigenvalue weighted by Crippen LogP contribution is -2.29. The molecule has 0 spiro atoms. The number of anilines is 2. The summed E-state index contributed by atoms with van der Waals surface area (Å²) in [7, 11) is 0. The van der Waals surface area contributed by atoms with Crippen molar-refractivity contribution in [3.63, 3.8) is 0 Å². The molecule has 9 nitrogen and oxygen atoms in total.